The van der Waals surface area contributed by atoms with Gasteiger partial charge >= 0.3 is 0 Å². The number of hydrogen-bond donors (Lipinski definition) is 1. The second-order valence-corrected chi connectivity index (χ2v) is 6.55. The van der Waals surface area contributed by atoms with E-state index in [0.717, 1.165) is 29.0 Å². The minimum absolute atomic E-state index is 0.129. The zero-order valence-corrected chi connectivity index (χ0v) is 12.1. The quantitative estimate of drug-likeness (QED) is 0.928. The van der Waals surface area contributed by atoms with E-state index in [4.69, 9.17) is 9.47 Å². The second-order valence-electron chi connectivity index (χ2n) is 6.55. The van der Waals surface area contributed by atoms with Gasteiger partial charge in [-0.1, -0.05) is 6.42 Å². The maximum absolute atomic E-state index is 12.2. The number of nitrogens with one attached hydrogen (secondary N) is 1. The minimum Gasteiger partial charge on any atom is -0.486 e. The summed E-state index contributed by atoms with van der Waals surface area (Å²) in [5.41, 5.74) is 0.799. The van der Waals surface area contributed by atoms with Crippen LogP contribution in [0, 0.1) is 17.8 Å². The average molecular weight is 287 g/mol. The lowest BCUT2D eigenvalue weighted by Gasteiger charge is -2.21. The summed E-state index contributed by atoms with van der Waals surface area (Å²) in [6.45, 7) is 1.15. The summed E-state index contributed by atoms with van der Waals surface area (Å²) < 4.78 is 11.0. The Morgan fingerprint density at radius 1 is 1.14 bits per heavy atom. The molecule has 1 aromatic rings. The van der Waals surface area contributed by atoms with Gasteiger partial charge in [0, 0.05) is 18.2 Å². The van der Waals surface area contributed by atoms with Crippen molar-refractivity contribution >= 4 is 11.6 Å². The first kappa shape index (κ1) is 13.0. The Labute approximate surface area is 124 Å². The molecule has 0 radical (unpaired) electrons. The van der Waals surface area contributed by atoms with Crippen molar-refractivity contribution in [3.63, 3.8) is 0 Å². The van der Waals surface area contributed by atoms with E-state index >= 15 is 0 Å². The van der Waals surface area contributed by atoms with E-state index in [9.17, 15) is 4.79 Å². The molecule has 1 amide bonds. The molecule has 0 unspecified atom stereocenters. The molecule has 4 nitrogen and oxygen atoms in total. The van der Waals surface area contributed by atoms with E-state index in [1.165, 1.54) is 25.7 Å². The first-order valence-corrected chi connectivity index (χ1v) is 7.97. The van der Waals surface area contributed by atoms with Crippen molar-refractivity contribution in [3.05, 3.63) is 18.2 Å². The SMILES string of the molecule is O=C(C[C@H]1C[C@H]2CC[C@@H]1C2)Nc1ccc2c(c1)OCCO2. The second kappa shape index (κ2) is 5.24. The minimum atomic E-state index is 0.129. The third kappa shape index (κ3) is 2.59. The molecule has 21 heavy (non-hydrogen) atoms. The van der Waals surface area contributed by atoms with Crippen LogP contribution in [0.5, 0.6) is 11.5 Å². The lowest BCUT2D eigenvalue weighted by molar-refractivity contribution is -0.117. The van der Waals surface area contributed by atoms with Crippen molar-refractivity contribution in [1.29, 1.82) is 0 Å². The van der Waals surface area contributed by atoms with Crippen LogP contribution in [0.1, 0.15) is 32.1 Å². The molecule has 2 fully saturated rings. The molecule has 0 spiro atoms. The van der Waals surface area contributed by atoms with E-state index in [-0.39, 0.29) is 5.91 Å². The Hall–Kier alpha value is -1.71. The van der Waals surface area contributed by atoms with Crippen LogP contribution in [0.3, 0.4) is 0 Å². The van der Waals surface area contributed by atoms with Crippen LogP contribution in [0.25, 0.3) is 0 Å². The van der Waals surface area contributed by atoms with Crippen LogP contribution in [-0.4, -0.2) is 19.1 Å². The van der Waals surface area contributed by atoms with Crippen LogP contribution in [-0.2, 0) is 4.79 Å². The Morgan fingerprint density at radius 3 is 2.76 bits per heavy atom. The van der Waals surface area contributed by atoms with Gasteiger partial charge in [0.2, 0.25) is 5.91 Å². The summed E-state index contributed by atoms with van der Waals surface area (Å²) >= 11 is 0. The Balaban J connectivity index is 1.38. The van der Waals surface area contributed by atoms with E-state index in [2.05, 4.69) is 5.32 Å². The number of benzene rings is 1. The zero-order chi connectivity index (χ0) is 14.2. The highest BCUT2D eigenvalue weighted by molar-refractivity contribution is 5.91. The summed E-state index contributed by atoms with van der Waals surface area (Å²) in [6, 6.07) is 5.60. The number of amides is 1. The van der Waals surface area contributed by atoms with Gasteiger partial charge in [0.05, 0.1) is 0 Å². The Kier molecular flexibility index (Phi) is 3.24. The largest absolute Gasteiger partial charge is 0.486 e. The van der Waals surface area contributed by atoms with Crippen molar-refractivity contribution in [2.75, 3.05) is 18.5 Å². The molecule has 4 heteroatoms. The third-order valence-electron chi connectivity index (χ3n) is 5.16. The summed E-state index contributed by atoms with van der Waals surface area (Å²) in [6.07, 6.45) is 5.97. The molecule has 3 atom stereocenters. The highest BCUT2D eigenvalue weighted by Crippen LogP contribution is 2.49. The summed E-state index contributed by atoms with van der Waals surface area (Å²) in [4.78, 5) is 12.2. The molecule has 3 aliphatic rings. The maximum atomic E-state index is 12.2. The van der Waals surface area contributed by atoms with Crippen LogP contribution >= 0.6 is 0 Å². The summed E-state index contributed by atoms with van der Waals surface area (Å²) in [7, 11) is 0. The lowest BCUT2D eigenvalue weighted by Crippen LogP contribution is -2.20. The fourth-order valence-corrected chi connectivity index (χ4v) is 4.20. The molecule has 1 N–H and O–H groups in total. The maximum Gasteiger partial charge on any atom is 0.224 e. The van der Waals surface area contributed by atoms with E-state index in [1.807, 2.05) is 18.2 Å². The number of anilines is 1. The molecule has 2 bridgehead atoms. The number of ether oxygens (including phenoxy) is 2. The highest BCUT2D eigenvalue weighted by Gasteiger charge is 2.40. The van der Waals surface area contributed by atoms with Crippen molar-refractivity contribution in [1.82, 2.24) is 0 Å². The number of fused-ring (bicyclic) bond motifs is 3. The third-order valence-corrected chi connectivity index (χ3v) is 5.16. The van der Waals surface area contributed by atoms with Gasteiger partial charge in [-0.2, -0.15) is 0 Å². The summed E-state index contributed by atoms with van der Waals surface area (Å²) in [5, 5.41) is 3.00. The van der Waals surface area contributed by atoms with Crippen molar-refractivity contribution in [2.45, 2.75) is 32.1 Å². The molecule has 2 aliphatic carbocycles. The molecule has 1 aliphatic heterocycles. The fourth-order valence-electron chi connectivity index (χ4n) is 4.20. The standard InChI is InChI=1S/C17H21NO3/c19-17(9-13-8-11-1-2-12(13)7-11)18-14-3-4-15-16(10-14)21-6-5-20-15/h3-4,10-13H,1-2,5-9H2,(H,18,19)/t11-,12+,13+/m0/s1. The van der Waals surface area contributed by atoms with Gasteiger partial charge in [-0.05, 0) is 49.1 Å². The van der Waals surface area contributed by atoms with Crippen molar-refractivity contribution in [3.8, 4) is 11.5 Å². The van der Waals surface area contributed by atoms with Crippen LogP contribution in [0.4, 0.5) is 5.69 Å². The monoisotopic (exact) mass is 287 g/mol. The van der Waals surface area contributed by atoms with E-state index in [1.54, 1.807) is 0 Å². The van der Waals surface area contributed by atoms with Crippen molar-refractivity contribution in [2.24, 2.45) is 17.8 Å². The predicted octanol–water partition coefficient (Wildman–Crippen LogP) is 3.22. The van der Waals surface area contributed by atoms with Gasteiger partial charge in [0.15, 0.2) is 11.5 Å². The van der Waals surface area contributed by atoms with Gasteiger partial charge in [0.25, 0.3) is 0 Å². The molecular weight excluding hydrogens is 266 g/mol. The molecular formula is C17H21NO3. The number of hydrogen-bond acceptors (Lipinski definition) is 3. The molecule has 0 saturated heterocycles. The first-order chi connectivity index (χ1) is 10.3. The molecule has 112 valence electrons. The first-order valence-electron chi connectivity index (χ1n) is 7.97. The number of rotatable bonds is 3. The molecule has 1 aromatic carbocycles. The summed E-state index contributed by atoms with van der Waals surface area (Å²) in [5.74, 6) is 3.89. The number of carbonyl (C=O) groups is 1. The zero-order valence-electron chi connectivity index (χ0n) is 12.1. The van der Waals surface area contributed by atoms with E-state index in [0.29, 0.717) is 25.6 Å². The topological polar surface area (TPSA) is 47.6 Å². The smallest absolute Gasteiger partial charge is 0.224 e. The fraction of sp³-hybridized carbons (Fsp3) is 0.588. The van der Waals surface area contributed by atoms with Gasteiger partial charge in [-0.3, -0.25) is 4.79 Å². The van der Waals surface area contributed by atoms with Gasteiger partial charge in [-0.25, -0.2) is 0 Å². The average Bonchev–Trinajstić information content (AvgIpc) is 3.09. The highest BCUT2D eigenvalue weighted by atomic mass is 16.6. The van der Waals surface area contributed by atoms with Crippen LogP contribution in [0.2, 0.25) is 0 Å². The number of carbonyl (C=O) groups excluding carboxylic acids is 1. The van der Waals surface area contributed by atoms with Gasteiger partial charge < -0.3 is 14.8 Å². The molecule has 2 saturated carbocycles. The normalized spacial score (nSPS) is 29.4. The Bertz CT molecular complexity index is 557. The molecule has 4 rings (SSSR count). The predicted molar refractivity (Wildman–Crippen MR) is 79.6 cm³/mol. The van der Waals surface area contributed by atoms with Gasteiger partial charge in [-0.15, -0.1) is 0 Å². The van der Waals surface area contributed by atoms with Crippen LogP contribution < -0.4 is 14.8 Å². The van der Waals surface area contributed by atoms with Gasteiger partial charge in [0.1, 0.15) is 13.2 Å². The lowest BCUT2D eigenvalue weighted by atomic mass is 9.86. The van der Waals surface area contributed by atoms with E-state index < -0.39 is 0 Å². The Morgan fingerprint density at radius 2 is 2.00 bits per heavy atom. The van der Waals surface area contributed by atoms with Crippen LogP contribution in [0.15, 0.2) is 18.2 Å². The molecule has 1 heterocycles. The molecule has 0 aromatic heterocycles. The van der Waals surface area contributed by atoms with Crippen molar-refractivity contribution < 1.29 is 14.3 Å².